The predicted molar refractivity (Wildman–Crippen MR) is 77.9 cm³/mol. The van der Waals surface area contributed by atoms with Crippen molar-refractivity contribution in [1.82, 2.24) is 5.32 Å². The molecule has 0 radical (unpaired) electrons. The van der Waals surface area contributed by atoms with Crippen LogP contribution in [-0.2, 0) is 6.42 Å². The lowest BCUT2D eigenvalue weighted by molar-refractivity contribution is 0.513. The first kappa shape index (κ1) is 14.6. The Labute approximate surface area is 125 Å². The third kappa shape index (κ3) is 3.59. The van der Waals surface area contributed by atoms with Gasteiger partial charge in [0.2, 0.25) is 0 Å². The molecule has 0 amide bonds. The highest BCUT2D eigenvalue weighted by Crippen LogP contribution is 2.28. The van der Waals surface area contributed by atoms with Crippen LogP contribution in [0.5, 0.6) is 0 Å². The van der Waals surface area contributed by atoms with Crippen molar-refractivity contribution in [3.8, 4) is 0 Å². The molecule has 0 bridgehead atoms. The number of rotatable bonds is 5. The maximum Gasteiger partial charge on any atom is 0.197 e. The van der Waals surface area contributed by atoms with Gasteiger partial charge in [-0.3, -0.25) is 0 Å². The summed E-state index contributed by atoms with van der Waals surface area (Å²) < 4.78 is 19.7. The van der Waals surface area contributed by atoms with Gasteiger partial charge in [-0.2, -0.15) is 0 Å². The van der Waals surface area contributed by atoms with E-state index in [2.05, 4.69) is 21.2 Å². The third-order valence-electron chi connectivity index (χ3n) is 2.91. The fourth-order valence-corrected chi connectivity index (χ4v) is 2.58. The standard InChI is InChI=1S/C14H14BrClFNO/c1-2-18-13(11-5-6-19-14(11)16)7-9-3-4-10(15)8-12(9)17/h3-6,8,13,18H,2,7H2,1H3. The van der Waals surface area contributed by atoms with Crippen molar-refractivity contribution in [3.63, 3.8) is 0 Å². The van der Waals surface area contributed by atoms with Crippen molar-refractivity contribution in [1.29, 1.82) is 0 Å². The third-order valence-corrected chi connectivity index (χ3v) is 3.71. The zero-order chi connectivity index (χ0) is 13.8. The van der Waals surface area contributed by atoms with Gasteiger partial charge in [-0.05, 0) is 48.3 Å². The van der Waals surface area contributed by atoms with Crippen molar-refractivity contribution in [2.45, 2.75) is 19.4 Å². The van der Waals surface area contributed by atoms with Gasteiger partial charge in [0.05, 0.1) is 6.26 Å². The van der Waals surface area contributed by atoms with Crippen LogP contribution >= 0.6 is 27.5 Å². The van der Waals surface area contributed by atoms with Crippen LogP contribution in [-0.4, -0.2) is 6.54 Å². The first-order valence-electron chi connectivity index (χ1n) is 6.02. The van der Waals surface area contributed by atoms with Crippen LogP contribution in [0.1, 0.15) is 24.1 Å². The number of likely N-dealkylation sites (N-methyl/N-ethyl adjacent to an activating group) is 1. The lowest BCUT2D eigenvalue weighted by atomic mass is 10.0. The summed E-state index contributed by atoms with van der Waals surface area (Å²) in [7, 11) is 0. The monoisotopic (exact) mass is 345 g/mol. The van der Waals surface area contributed by atoms with Crippen LogP contribution in [0.3, 0.4) is 0 Å². The highest BCUT2D eigenvalue weighted by atomic mass is 79.9. The van der Waals surface area contributed by atoms with Crippen molar-refractivity contribution >= 4 is 27.5 Å². The van der Waals surface area contributed by atoms with E-state index >= 15 is 0 Å². The van der Waals surface area contributed by atoms with Crippen molar-refractivity contribution in [2.24, 2.45) is 0 Å². The molecule has 1 unspecified atom stereocenters. The summed E-state index contributed by atoms with van der Waals surface area (Å²) in [5, 5.41) is 3.64. The molecule has 0 aliphatic heterocycles. The molecule has 2 aromatic rings. The molecule has 1 aromatic heterocycles. The molecule has 1 aromatic carbocycles. The molecule has 102 valence electrons. The van der Waals surface area contributed by atoms with E-state index in [1.807, 2.05) is 19.1 Å². The molecule has 5 heteroatoms. The maximum atomic E-state index is 13.9. The summed E-state index contributed by atoms with van der Waals surface area (Å²) in [5.74, 6) is -0.225. The van der Waals surface area contributed by atoms with Crippen LogP contribution in [0.25, 0.3) is 0 Å². The zero-order valence-electron chi connectivity index (χ0n) is 10.4. The lowest BCUT2D eigenvalue weighted by Crippen LogP contribution is -2.23. The molecule has 1 heterocycles. The van der Waals surface area contributed by atoms with Crippen LogP contribution < -0.4 is 5.32 Å². The average Bonchev–Trinajstić information content (AvgIpc) is 2.78. The highest BCUT2D eigenvalue weighted by Gasteiger charge is 2.18. The number of hydrogen-bond acceptors (Lipinski definition) is 2. The number of hydrogen-bond donors (Lipinski definition) is 1. The van der Waals surface area contributed by atoms with Gasteiger partial charge in [-0.15, -0.1) is 0 Å². The molecule has 0 aliphatic rings. The molecular formula is C14H14BrClFNO. The van der Waals surface area contributed by atoms with Crippen LogP contribution in [0, 0.1) is 5.82 Å². The fraction of sp³-hybridized carbons (Fsp3) is 0.286. The summed E-state index contributed by atoms with van der Waals surface area (Å²) >= 11 is 9.25. The normalized spacial score (nSPS) is 12.6. The van der Waals surface area contributed by atoms with Crippen LogP contribution in [0.2, 0.25) is 5.22 Å². The summed E-state index contributed by atoms with van der Waals surface area (Å²) in [5.41, 5.74) is 1.50. The second-order valence-corrected chi connectivity index (χ2v) is 5.46. The van der Waals surface area contributed by atoms with Gasteiger partial charge in [0.25, 0.3) is 0 Å². The molecule has 0 spiro atoms. The lowest BCUT2D eigenvalue weighted by Gasteiger charge is -2.17. The Balaban J connectivity index is 2.24. The smallest absolute Gasteiger partial charge is 0.197 e. The van der Waals surface area contributed by atoms with Gasteiger partial charge in [0.15, 0.2) is 5.22 Å². The largest absolute Gasteiger partial charge is 0.453 e. The van der Waals surface area contributed by atoms with E-state index in [1.54, 1.807) is 12.3 Å². The topological polar surface area (TPSA) is 25.2 Å². The Hall–Kier alpha value is -0.840. The quantitative estimate of drug-likeness (QED) is 0.847. The minimum Gasteiger partial charge on any atom is -0.453 e. The van der Waals surface area contributed by atoms with Gasteiger partial charge in [-0.25, -0.2) is 4.39 Å². The molecule has 19 heavy (non-hydrogen) atoms. The SMILES string of the molecule is CCNC(Cc1ccc(Br)cc1F)c1ccoc1Cl. The highest BCUT2D eigenvalue weighted by molar-refractivity contribution is 9.10. The summed E-state index contributed by atoms with van der Waals surface area (Å²) in [6.07, 6.45) is 2.06. The minimum absolute atomic E-state index is 0.0630. The molecule has 0 saturated carbocycles. The van der Waals surface area contributed by atoms with Gasteiger partial charge in [-0.1, -0.05) is 28.9 Å². The molecular weight excluding hydrogens is 333 g/mol. The van der Waals surface area contributed by atoms with Crippen molar-refractivity contribution < 1.29 is 8.81 Å². The molecule has 0 fully saturated rings. The van der Waals surface area contributed by atoms with Crippen LogP contribution in [0.4, 0.5) is 4.39 Å². The molecule has 2 rings (SSSR count). The van der Waals surface area contributed by atoms with Gasteiger partial charge < -0.3 is 9.73 Å². The molecule has 0 aliphatic carbocycles. The predicted octanol–water partition coefficient (Wildman–Crippen LogP) is 4.73. The van der Waals surface area contributed by atoms with Crippen LogP contribution in [0.15, 0.2) is 39.4 Å². The van der Waals surface area contributed by atoms with E-state index in [4.69, 9.17) is 16.0 Å². The zero-order valence-corrected chi connectivity index (χ0v) is 12.8. The fourth-order valence-electron chi connectivity index (χ4n) is 2.00. The van der Waals surface area contributed by atoms with E-state index in [0.29, 0.717) is 17.2 Å². The average molecular weight is 347 g/mol. The number of furan rings is 1. The summed E-state index contributed by atoms with van der Waals surface area (Å²) in [6.45, 7) is 2.77. The second-order valence-electron chi connectivity index (χ2n) is 4.20. The second kappa shape index (κ2) is 6.55. The number of halogens is 3. The Kier molecular flexibility index (Phi) is 5.02. The van der Waals surface area contributed by atoms with E-state index in [1.165, 1.54) is 6.07 Å². The van der Waals surface area contributed by atoms with E-state index < -0.39 is 0 Å². The maximum absolute atomic E-state index is 13.9. The number of benzene rings is 1. The van der Waals surface area contributed by atoms with Crippen molar-refractivity contribution in [2.75, 3.05) is 6.54 Å². The molecule has 0 saturated heterocycles. The van der Waals surface area contributed by atoms with Crippen molar-refractivity contribution in [3.05, 3.63) is 57.2 Å². The Morgan fingerprint density at radius 1 is 1.42 bits per heavy atom. The molecule has 1 N–H and O–H groups in total. The first-order chi connectivity index (χ1) is 9.11. The summed E-state index contributed by atoms with van der Waals surface area (Å²) in [4.78, 5) is 0. The summed E-state index contributed by atoms with van der Waals surface area (Å²) in [6, 6.07) is 6.82. The van der Waals surface area contributed by atoms with Gasteiger partial charge >= 0.3 is 0 Å². The van der Waals surface area contributed by atoms with E-state index in [-0.39, 0.29) is 11.9 Å². The molecule has 2 nitrogen and oxygen atoms in total. The van der Waals surface area contributed by atoms with E-state index in [0.717, 1.165) is 16.6 Å². The van der Waals surface area contributed by atoms with Gasteiger partial charge in [0, 0.05) is 16.1 Å². The minimum atomic E-state index is -0.225. The Bertz CT molecular complexity index is 558. The molecule has 1 atom stereocenters. The number of nitrogens with one attached hydrogen (secondary N) is 1. The first-order valence-corrected chi connectivity index (χ1v) is 7.19. The van der Waals surface area contributed by atoms with E-state index in [9.17, 15) is 4.39 Å². The Morgan fingerprint density at radius 2 is 2.21 bits per heavy atom. The Morgan fingerprint density at radius 3 is 2.79 bits per heavy atom. The van der Waals surface area contributed by atoms with Gasteiger partial charge in [0.1, 0.15) is 5.82 Å².